The minimum atomic E-state index is -0.250. The van der Waals surface area contributed by atoms with E-state index in [1.807, 2.05) is 0 Å². The van der Waals surface area contributed by atoms with Crippen LogP contribution >= 0.6 is 15.9 Å². The zero-order chi connectivity index (χ0) is 17.7. The Morgan fingerprint density at radius 2 is 1.73 bits per heavy atom. The zero-order valence-corrected chi connectivity index (χ0v) is 16.5. The standard InChI is InChI=1S/C23H24BrNO/c24-19-6-5-16-7-8-23(20(16)15-19)9-11-25(12-10-23)21-13-17-3-1-2-4-18(17)14-22(21)26/h1-8,15,21-22,26H,9-14H2. The van der Waals surface area contributed by atoms with E-state index in [4.69, 9.17) is 0 Å². The Balaban J connectivity index is 1.35. The van der Waals surface area contributed by atoms with E-state index in [1.165, 1.54) is 26.7 Å². The predicted octanol–water partition coefficient (Wildman–Crippen LogP) is 4.34. The zero-order valence-electron chi connectivity index (χ0n) is 14.9. The molecule has 1 fully saturated rings. The van der Waals surface area contributed by atoms with Crippen LogP contribution in [0, 0.1) is 0 Å². The number of fused-ring (bicyclic) bond motifs is 3. The molecule has 0 radical (unpaired) electrons. The van der Waals surface area contributed by atoms with E-state index in [-0.39, 0.29) is 17.6 Å². The molecular formula is C23H24BrNO. The first-order chi connectivity index (χ1) is 12.6. The van der Waals surface area contributed by atoms with Crippen LogP contribution in [0.5, 0.6) is 0 Å². The van der Waals surface area contributed by atoms with Crippen LogP contribution in [0.2, 0.25) is 0 Å². The maximum atomic E-state index is 10.8. The fourth-order valence-electron chi connectivity index (χ4n) is 5.19. The average Bonchev–Trinajstić information content (AvgIpc) is 3.00. The van der Waals surface area contributed by atoms with E-state index in [0.29, 0.717) is 0 Å². The van der Waals surface area contributed by atoms with Crippen molar-refractivity contribution in [3.8, 4) is 0 Å². The Morgan fingerprint density at radius 1 is 1.00 bits per heavy atom. The Morgan fingerprint density at radius 3 is 2.50 bits per heavy atom. The van der Waals surface area contributed by atoms with Crippen molar-refractivity contribution in [2.75, 3.05) is 13.1 Å². The highest BCUT2D eigenvalue weighted by Gasteiger charge is 2.41. The van der Waals surface area contributed by atoms with Gasteiger partial charge in [-0.2, -0.15) is 0 Å². The van der Waals surface area contributed by atoms with Crippen molar-refractivity contribution in [1.82, 2.24) is 4.90 Å². The molecule has 5 rings (SSSR count). The van der Waals surface area contributed by atoms with Gasteiger partial charge in [-0.1, -0.05) is 58.4 Å². The fourth-order valence-corrected chi connectivity index (χ4v) is 5.55. The van der Waals surface area contributed by atoms with E-state index in [1.54, 1.807) is 0 Å². The number of rotatable bonds is 1. The number of halogens is 1. The molecule has 26 heavy (non-hydrogen) atoms. The van der Waals surface area contributed by atoms with Gasteiger partial charge in [0.05, 0.1) is 6.10 Å². The Bertz CT molecular complexity index is 866. The number of allylic oxidation sites excluding steroid dienone is 1. The lowest BCUT2D eigenvalue weighted by Crippen LogP contribution is -2.53. The molecule has 134 valence electrons. The van der Waals surface area contributed by atoms with Crippen LogP contribution in [-0.2, 0) is 18.3 Å². The molecular weight excluding hydrogens is 386 g/mol. The molecule has 2 aromatic carbocycles. The number of likely N-dealkylation sites (tertiary alicyclic amines) is 1. The van der Waals surface area contributed by atoms with Crippen LogP contribution in [0.1, 0.15) is 35.1 Å². The minimum Gasteiger partial charge on any atom is -0.391 e. The van der Waals surface area contributed by atoms with Crippen LogP contribution in [0.25, 0.3) is 6.08 Å². The molecule has 1 saturated heterocycles. The number of hydrogen-bond acceptors (Lipinski definition) is 2. The van der Waals surface area contributed by atoms with Crippen molar-refractivity contribution in [1.29, 1.82) is 0 Å². The molecule has 0 saturated carbocycles. The summed E-state index contributed by atoms with van der Waals surface area (Å²) in [5, 5.41) is 10.8. The van der Waals surface area contributed by atoms with Crippen molar-refractivity contribution in [2.24, 2.45) is 0 Å². The van der Waals surface area contributed by atoms with Gasteiger partial charge in [0.25, 0.3) is 0 Å². The Kier molecular flexibility index (Phi) is 4.07. The molecule has 2 unspecified atom stereocenters. The van der Waals surface area contributed by atoms with Gasteiger partial charge in [0, 0.05) is 22.4 Å². The van der Waals surface area contributed by atoms with Gasteiger partial charge in [0.15, 0.2) is 0 Å². The van der Waals surface area contributed by atoms with Gasteiger partial charge in [-0.05, 0) is 66.7 Å². The lowest BCUT2D eigenvalue weighted by Gasteiger charge is -2.45. The van der Waals surface area contributed by atoms with Crippen LogP contribution in [0.3, 0.4) is 0 Å². The SMILES string of the molecule is OC1Cc2ccccc2CC1N1CCC2(C=Cc3ccc(Br)cc32)CC1. The van der Waals surface area contributed by atoms with Crippen LogP contribution in [0.4, 0.5) is 0 Å². The molecule has 1 heterocycles. The molecule has 1 N–H and O–H groups in total. The molecule has 3 heteroatoms. The topological polar surface area (TPSA) is 23.5 Å². The summed E-state index contributed by atoms with van der Waals surface area (Å²) in [6, 6.07) is 15.5. The van der Waals surface area contributed by atoms with Crippen molar-refractivity contribution in [2.45, 2.75) is 43.2 Å². The van der Waals surface area contributed by atoms with Crippen LogP contribution in [-0.4, -0.2) is 35.2 Å². The van der Waals surface area contributed by atoms with E-state index in [2.05, 4.69) is 75.4 Å². The van der Waals surface area contributed by atoms with Crippen molar-refractivity contribution in [3.05, 3.63) is 75.3 Å². The van der Waals surface area contributed by atoms with Gasteiger partial charge in [0.1, 0.15) is 0 Å². The second kappa shape index (κ2) is 6.33. The summed E-state index contributed by atoms with van der Waals surface area (Å²) < 4.78 is 1.17. The van der Waals surface area contributed by atoms with E-state index in [9.17, 15) is 5.11 Å². The third-order valence-electron chi connectivity index (χ3n) is 6.71. The maximum absolute atomic E-state index is 10.8. The van der Waals surface area contributed by atoms with E-state index < -0.39 is 0 Å². The summed E-state index contributed by atoms with van der Waals surface area (Å²) in [5.74, 6) is 0. The number of aliphatic hydroxyl groups is 1. The number of hydrogen-bond donors (Lipinski definition) is 1. The van der Waals surface area contributed by atoms with Crippen LogP contribution in [0.15, 0.2) is 53.0 Å². The molecule has 0 aromatic heterocycles. The second-order valence-corrected chi connectivity index (χ2v) is 8.98. The summed E-state index contributed by atoms with van der Waals surface area (Å²) in [5.41, 5.74) is 5.77. The third kappa shape index (κ3) is 2.69. The van der Waals surface area contributed by atoms with Crippen LogP contribution < -0.4 is 0 Å². The first-order valence-corrected chi connectivity index (χ1v) is 10.4. The Labute approximate surface area is 163 Å². The Hall–Kier alpha value is -1.42. The number of piperidine rings is 1. The normalized spacial score (nSPS) is 26.7. The smallest absolute Gasteiger partial charge is 0.0738 e. The molecule has 0 bridgehead atoms. The van der Waals surface area contributed by atoms with Crippen molar-refractivity contribution in [3.63, 3.8) is 0 Å². The first-order valence-electron chi connectivity index (χ1n) is 9.63. The summed E-state index contributed by atoms with van der Waals surface area (Å²) in [4.78, 5) is 2.54. The quantitative estimate of drug-likeness (QED) is 0.756. The molecule has 2 atom stereocenters. The minimum absolute atomic E-state index is 0.188. The largest absolute Gasteiger partial charge is 0.391 e. The molecule has 2 aromatic rings. The summed E-state index contributed by atoms with van der Waals surface area (Å²) in [6.07, 6.45) is 8.51. The van der Waals surface area contributed by atoms with E-state index >= 15 is 0 Å². The third-order valence-corrected chi connectivity index (χ3v) is 7.21. The predicted molar refractivity (Wildman–Crippen MR) is 109 cm³/mol. The van der Waals surface area contributed by atoms with Crippen molar-refractivity contribution < 1.29 is 5.11 Å². The van der Waals surface area contributed by atoms with Gasteiger partial charge in [-0.3, -0.25) is 4.90 Å². The van der Waals surface area contributed by atoms with E-state index in [0.717, 1.165) is 38.8 Å². The summed E-state index contributed by atoms with van der Waals surface area (Å²) >= 11 is 3.64. The number of aliphatic hydroxyl groups excluding tert-OH is 1. The van der Waals surface area contributed by atoms with Gasteiger partial charge < -0.3 is 5.11 Å². The highest BCUT2D eigenvalue weighted by molar-refractivity contribution is 9.10. The molecule has 1 spiro atoms. The molecule has 2 nitrogen and oxygen atoms in total. The van der Waals surface area contributed by atoms with Gasteiger partial charge in [-0.15, -0.1) is 0 Å². The van der Waals surface area contributed by atoms with Gasteiger partial charge >= 0.3 is 0 Å². The maximum Gasteiger partial charge on any atom is 0.0738 e. The van der Waals surface area contributed by atoms with Crippen molar-refractivity contribution >= 4 is 22.0 Å². The number of nitrogens with zero attached hydrogens (tertiary/aromatic N) is 1. The summed E-state index contributed by atoms with van der Waals surface area (Å²) in [6.45, 7) is 2.11. The lowest BCUT2D eigenvalue weighted by atomic mass is 9.73. The molecule has 3 aliphatic rings. The number of benzene rings is 2. The highest BCUT2D eigenvalue weighted by atomic mass is 79.9. The first kappa shape index (κ1) is 16.7. The fraction of sp³-hybridized carbons (Fsp3) is 0.391. The highest BCUT2D eigenvalue weighted by Crippen LogP contribution is 2.45. The second-order valence-electron chi connectivity index (χ2n) is 8.07. The monoisotopic (exact) mass is 409 g/mol. The van der Waals surface area contributed by atoms with Gasteiger partial charge in [0.2, 0.25) is 0 Å². The van der Waals surface area contributed by atoms with Gasteiger partial charge in [-0.25, -0.2) is 0 Å². The summed E-state index contributed by atoms with van der Waals surface area (Å²) in [7, 11) is 0. The lowest BCUT2D eigenvalue weighted by molar-refractivity contribution is 0.0237. The molecule has 2 aliphatic carbocycles. The molecule has 1 aliphatic heterocycles. The molecule has 0 amide bonds. The average molecular weight is 410 g/mol.